The molecule has 8 heteroatoms. The Labute approximate surface area is 186 Å². The van der Waals surface area contributed by atoms with E-state index in [4.69, 9.17) is 4.74 Å². The van der Waals surface area contributed by atoms with Crippen LogP contribution in [0.1, 0.15) is 32.0 Å². The molecule has 0 atom stereocenters. The molecule has 0 spiro atoms. The van der Waals surface area contributed by atoms with E-state index >= 15 is 0 Å². The van der Waals surface area contributed by atoms with Crippen molar-refractivity contribution in [3.8, 4) is 22.8 Å². The van der Waals surface area contributed by atoms with Gasteiger partial charge in [-0.05, 0) is 48.2 Å². The molecule has 4 rings (SSSR count). The minimum Gasteiger partial charge on any atom is -0.495 e. The Morgan fingerprint density at radius 1 is 1.09 bits per heavy atom. The Morgan fingerprint density at radius 3 is 2.53 bits per heavy atom. The van der Waals surface area contributed by atoms with Crippen molar-refractivity contribution in [3.05, 3.63) is 66.0 Å². The first kappa shape index (κ1) is 21.5. The monoisotopic (exact) mass is 434 g/mol. The summed E-state index contributed by atoms with van der Waals surface area (Å²) in [5.41, 5.74) is 3.87. The molecule has 0 saturated carbocycles. The SMILES string of the molecule is COc1cc(-c2nc(Nc3cc(C(C)(C)C)ccc3F)n(C)n2)ccc1-n1cnc(C)c1. The van der Waals surface area contributed by atoms with E-state index in [0.29, 0.717) is 23.2 Å². The third-order valence-corrected chi connectivity index (χ3v) is 5.27. The van der Waals surface area contributed by atoms with Crippen LogP contribution in [0.25, 0.3) is 17.1 Å². The van der Waals surface area contributed by atoms with E-state index in [-0.39, 0.29) is 11.2 Å². The van der Waals surface area contributed by atoms with E-state index < -0.39 is 0 Å². The van der Waals surface area contributed by atoms with Gasteiger partial charge in [0.25, 0.3) is 0 Å². The maximum Gasteiger partial charge on any atom is 0.226 e. The highest BCUT2D eigenvalue weighted by atomic mass is 19.1. The first-order valence-corrected chi connectivity index (χ1v) is 10.3. The molecule has 7 nitrogen and oxygen atoms in total. The summed E-state index contributed by atoms with van der Waals surface area (Å²) in [5, 5.41) is 7.59. The molecule has 0 saturated heterocycles. The first-order valence-electron chi connectivity index (χ1n) is 10.3. The average molecular weight is 435 g/mol. The number of ether oxygens (including phenoxy) is 1. The van der Waals surface area contributed by atoms with Crippen molar-refractivity contribution in [2.24, 2.45) is 7.05 Å². The van der Waals surface area contributed by atoms with E-state index in [0.717, 1.165) is 22.5 Å². The molecule has 1 N–H and O–H groups in total. The lowest BCUT2D eigenvalue weighted by Gasteiger charge is -2.20. The minimum atomic E-state index is -0.343. The molecule has 0 fully saturated rings. The summed E-state index contributed by atoms with van der Waals surface area (Å²) in [6.45, 7) is 8.20. The van der Waals surface area contributed by atoms with Gasteiger partial charge in [-0.15, -0.1) is 5.10 Å². The van der Waals surface area contributed by atoms with Crippen LogP contribution < -0.4 is 10.1 Å². The molecule has 166 valence electrons. The largest absolute Gasteiger partial charge is 0.495 e. The predicted octanol–water partition coefficient (Wildman–Crippen LogP) is 5.17. The van der Waals surface area contributed by atoms with Crippen LogP contribution in [0.3, 0.4) is 0 Å². The zero-order valence-corrected chi connectivity index (χ0v) is 19.1. The molecule has 0 aliphatic rings. The summed E-state index contributed by atoms with van der Waals surface area (Å²) in [4.78, 5) is 8.86. The molecule has 0 aliphatic heterocycles. The van der Waals surface area contributed by atoms with E-state index in [1.165, 1.54) is 6.07 Å². The van der Waals surface area contributed by atoms with Gasteiger partial charge >= 0.3 is 0 Å². The molecule has 0 unspecified atom stereocenters. The quantitative estimate of drug-likeness (QED) is 0.470. The molecule has 2 aromatic carbocycles. The van der Waals surface area contributed by atoms with Crippen molar-refractivity contribution in [2.75, 3.05) is 12.4 Å². The second-order valence-corrected chi connectivity index (χ2v) is 8.76. The van der Waals surface area contributed by atoms with Crippen molar-refractivity contribution in [3.63, 3.8) is 0 Å². The van der Waals surface area contributed by atoms with Crippen LogP contribution in [0.5, 0.6) is 5.75 Å². The van der Waals surface area contributed by atoms with E-state index in [1.54, 1.807) is 31.2 Å². The highest BCUT2D eigenvalue weighted by molar-refractivity contribution is 5.65. The number of imidazole rings is 1. The van der Waals surface area contributed by atoms with Gasteiger partial charge in [-0.3, -0.25) is 0 Å². The van der Waals surface area contributed by atoms with Crippen LogP contribution in [-0.2, 0) is 12.5 Å². The van der Waals surface area contributed by atoms with Gasteiger partial charge in [0.2, 0.25) is 5.95 Å². The van der Waals surface area contributed by atoms with Gasteiger partial charge in [0.05, 0.1) is 30.5 Å². The minimum absolute atomic E-state index is 0.0960. The van der Waals surface area contributed by atoms with Crippen molar-refractivity contribution in [2.45, 2.75) is 33.1 Å². The average Bonchev–Trinajstić information content (AvgIpc) is 3.34. The van der Waals surface area contributed by atoms with Crippen molar-refractivity contribution in [1.82, 2.24) is 24.3 Å². The Hall–Kier alpha value is -3.68. The van der Waals surface area contributed by atoms with Crippen molar-refractivity contribution < 1.29 is 9.13 Å². The van der Waals surface area contributed by atoms with Crippen molar-refractivity contribution in [1.29, 1.82) is 0 Å². The lowest BCUT2D eigenvalue weighted by atomic mass is 9.87. The lowest BCUT2D eigenvalue weighted by molar-refractivity contribution is 0.413. The fourth-order valence-electron chi connectivity index (χ4n) is 3.41. The van der Waals surface area contributed by atoms with E-state index in [2.05, 4.69) is 41.2 Å². The van der Waals surface area contributed by atoms with Crippen LogP contribution >= 0.6 is 0 Å². The third-order valence-electron chi connectivity index (χ3n) is 5.27. The number of nitrogens with one attached hydrogen (secondary N) is 1. The molecule has 2 heterocycles. The number of aromatic nitrogens is 5. The van der Waals surface area contributed by atoms with Crippen LogP contribution in [0.15, 0.2) is 48.9 Å². The maximum atomic E-state index is 14.5. The maximum absolute atomic E-state index is 14.5. The first-order chi connectivity index (χ1) is 15.2. The number of benzene rings is 2. The number of methoxy groups -OCH3 is 1. The smallest absolute Gasteiger partial charge is 0.226 e. The third kappa shape index (κ3) is 4.21. The second kappa shape index (κ2) is 8.11. The number of hydrogen-bond donors (Lipinski definition) is 1. The zero-order chi connectivity index (χ0) is 23.0. The Balaban J connectivity index is 1.66. The summed E-state index contributed by atoms with van der Waals surface area (Å²) in [6, 6.07) is 10.8. The molecule has 0 bridgehead atoms. The van der Waals surface area contributed by atoms with E-state index in [1.807, 2.05) is 42.0 Å². The van der Waals surface area contributed by atoms with Crippen LogP contribution in [-0.4, -0.2) is 31.4 Å². The Kier molecular flexibility index (Phi) is 5.46. The van der Waals surface area contributed by atoms with Gasteiger partial charge < -0.3 is 14.6 Å². The van der Waals surface area contributed by atoms with Crippen LogP contribution in [0, 0.1) is 12.7 Å². The standard InChI is InChI=1S/C24H27FN6O/c1-15-13-31(14-26-15)20-10-7-16(11-21(20)32-6)22-28-23(30(5)29-22)27-19-12-17(24(2,3)4)8-9-18(19)25/h7-14H,1-6H3,(H,27,28,29). The van der Waals surface area contributed by atoms with Gasteiger partial charge in [0.15, 0.2) is 5.82 Å². The fourth-order valence-corrected chi connectivity index (χ4v) is 3.41. The number of hydrogen-bond acceptors (Lipinski definition) is 5. The number of aryl methyl sites for hydroxylation is 2. The molecule has 4 aromatic rings. The summed E-state index contributed by atoms with van der Waals surface area (Å²) < 4.78 is 23.6. The molecular formula is C24H27FN6O. The molecule has 0 radical (unpaired) electrons. The highest BCUT2D eigenvalue weighted by Crippen LogP contribution is 2.31. The van der Waals surface area contributed by atoms with Gasteiger partial charge in [-0.1, -0.05) is 26.8 Å². The van der Waals surface area contributed by atoms with Crippen LogP contribution in [0.4, 0.5) is 16.0 Å². The molecule has 32 heavy (non-hydrogen) atoms. The number of rotatable bonds is 5. The summed E-state index contributed by atoms with van der Waals surface area (Å²) in [6.07, 6.45) is 3.67. The fraction of sp³-hybridized carbons (Fsp3) is 0.292. The highest BCUT2D eigenvalue weighted by Gasteiger charge is 2.18. The van der Waals surface area contributed by atoms with Crippen LogP contribution in [0.2, 0.25) is 0 Å². The van der Waals surface area contributed by atoms with Gasteiger partial charge in [0.1, 0.15) is 11.6 Å². The Morgan fingerprint density at radius 2 is 1.88 bits per heavy atom. The number of anilines is 2. The van der Waals surface area contributed by atoms with Gasteiger partial charge in [-0.2, -0.15) is 4.98 Å². The predicted molar refractivity (Wildman–Crippen MR) is 123 cm³/mol. The van der Waals surface area contributed by atoms with Crippen molar-refractivity contribution >= 4 is 11.6 Å². The Bertz CT molecular complexity index is 1270. The van der Waals surface area contributed by atoms with Gasteiger partial charge in [0, 0.05) is 18.8 Å². The summed E-state index contributed by atoms with van der Waals surface area (Å²) >= 11 is 0. The molecule has 2 aromatic heterocycles. The lowest BCUT2D eigenvalue weighted by Crippen LogP contribution is -2.12. The number of nitrogens with zero attached hydrogens (tertiary/aromatic N) is 5. The second-order valence-electron chi connectivity index (χ2n) is 8.76. The van der Waals surface area contributed by atoms with Gasteiger partial charge in [-0.25, -0.2) is 14.1 Å². The summed E-state index contributed by atoms with van der Waals surface area (Å²) in [5.74, 6) is 1.28. The molecular weight excluding hydrogens is 407 g/mol. The van der Waals surface area contributed by atoms with E-state index in [9.17, 15) is 4.39 Å². The topological polar surface area (TPSA) is 69.8 Å². The number of halogens is 1. The summed E-state index contributed by atoms with van der Waals surface area (Å²) in [7, 11) is 3.39. The molecule has 0 amide bonds. The molecule has 0 aliphatic carbocycles. The zero-order valence-electron chi connectivity index (χ0n) is 19.1. The normalized spacial score (nSPS) is 11.6.